The molecule has 0 spiro atoms. The van der Waals surface area contributed by atoms with E-state index >= 15 is 0 Å². The van der Waals surface area contributed by atoms with Gasteiger partial charge < -0.3 is 14.3 Å². The minimum Gasteiger partial charge on any atom is -0.351 e. The summed E-state index contributed by atoms with van der Waals surface area (Å²) in [5, 5.41) is 19.3. The van der Waals surface area contributed by atoms with E-state index in [4.69, 9.17) is 23.7 Å². The molecule has 0 N–H and O–H groups in total. The van der Waals surface area contributed by atoms with Crippen molar-refractivity contribution < 1.29 is 0 Å². The summed E-state index contributed by atoms with van der Waals surface area (Å²) < 4.78 is 9.96. The molecule has 0 aliphatic rings. The van der Waals surface area contributed by atoms with E-state index in [1.807, 2.05) is 59.1 Å². The Labute approximate surface area is 250 Å². The molecule has 0 amide bonds. The Morgan fingerprint density at radius 1 is 0.675 bits per heavy atom. The van der Waals surface area contributed by atoms with Crippen LogP contribution in [0.15, 0.2) is 46.4 Å². The number of aliphatic imine (C=N–C) groups is 2. The van der Waals surface area contributed by atoms with Crippen LogP contribution in [0, 0.1) is 35.8 Å². The summed E-state index contributed by atoms with van der Waals surface area (Å²) in [5.74, 6) is -0.314. The number of thiophene rings is 6. The van der Waals surface area contributed by atoms with Crippen molar-refractivity contribution in [2.75, 3.05) is 0 Å². The van der Waals surface area contributed by atoms with Crippen LogP contribution in [0.5, 0.6) is 0 Å². The van der Waals surface area contributed by atoms with Crippen molar-refractivity contribution in [1.29, 1.82) is 10.5 Å². The van der Waals surface area contributed by atoms with E-state index in [1.54, 1.807) is 22.7 Å². The molecule has 0 bridgehead atoms. The average Bonchev–Trinajstić information content (AvgIpc) is 3.78. The van der Waals surface area contributed by atoms with Gasteiger partial charge in [-0.05, 0) is 36.4 Å². The smallest absolute Gasteiger partial charge is 0.350 e. The second kappa shape index (κ2) is 9.48. The van der Waals surface area contributed by atoms with Crippen LogP contribution in [-0.2, 0) is 7.05 Å². The molecule has 7 nitrogen and oxygen atoms in total. The molecule has 0 aliphatic heterocycles. The highest BCUT2D eigenvalue weighted by Crippen LogP contribution is 2.53. The van der Waals surface area contributed by atoms with Crippen molar-refractivity contribution in [2.24, 2.45) is 17.0 Å². The van der Waals surface area contributed by atoms with Gasteiger partial charge in [-0.1, -0.05) is 45.8 Å². The van der Waals surface area contributed by atoms with Crippen LogP contribution < -0.4 is 0 Å². The van der Waals surface area contributed by atoms with Crippen molar-refractivity contribution in [3.63, 3.8) is 0 Å². The first-order valence-electron chi connectivity index (χ1n) is 11.3. The number of amidine groups is 2. The molecule has 0 fully saturated rings. The van der Waals surface area contributed by atoms with Crippen LogP contribution in [0.1, 0.15) is 0 Å². The molecule has 0 saturated carbocycles. The first kappa shape index (κ1) is 24.8. The molecule has 13 heteroatoms. The van der Waals surface area contributed by atoms with Crippen LogP contribution in [0.4, 0.5) is 10.0 Å². The molecule has 0 atom stereocenters. The van der Waals surface area contributed by atoms with Crippen molar-refractivity contribution in [3.05, 3.63) is 59.2 Å². The van der Waals surface area contributed by atoms with E-state index in [0.29, 0.717) is 10.0 Å². The lowest BCUT2D eigenvalue weighted by molar-refractivity contribution is 1.03. The zero-order valence-electron chi connectivity index (χ0n) is 20.0. The van der Waals surface area contributed by atoms with Gasteiger partial charge in [0, 0.05) is 36.0 Å². The Hall–Kier alpha value is -4.18. The van der Waals surface area contributed by atoms with Crippen LogP contribution in [-0.4, -0.2) is 16.2 Å². The van der Waals surface area contributed by atoms with E-state index < -0.39 is 0 Å². The molecule has 7 aromatic rings. The van der Waals surface area contributed by atoms with Gasteiger partial charge in [0.05, 0.1) is 29.8 Å². The normalized spacial score (nSPS) is 12.3. The Morgan fingerprint density at radius 2 is 1.12 bits per heavy atom. The Kier molecular flexibility index (Phi) is 5.88. The van der Waals surface area contributed by atoms with E-state index in [1.165, 1.54) is 61.9 Å². The first-order valence-corrected chi connectivity index (χ1v) is 16.2. The molecule has 0 aromatic carbocycles. The largest absolute Gasteiger partial charge is 0.351 e. The van der Waals surface area contributed by atoms with Gasteiger partial charge in [-0.3, -0.25) is 0 Å². The van der Waals surface area contributed by atoms with Crippen molar-refractivity contribution in [1.82, 2.24) is 4.57 Å². The van der Waals surface area contributed by atoms with E-state index in [-0.39, 0.29) is 11.7 Å². The van der Waals surface area contributed by atoms with Crippen LogP contribution >= 0.6 is 68.0 Å². The molecule has 7 heterocycles. The minimum absolute atomic E-state index is 0.157. The summed E-state index contributed by atoms with van der Waals surface area (Å²) in [6.07, 6.45) is 0. The van der Waals surface area contributed by atoms with Gasteiger partial charge >= 0.3 is 11.7 Å². The molecular formula is C27H9N7S6. The maximum absolute atomic E-state index is 9.01. The quantitative estimate of drug-likeness (QED) is 0.111. The molecule has 40 heavy (non-hydrogen) atoms. The molecule has 7 rings (SSSR count). The third-order valence-electron chi connectivity index (χ3n) is 6.07. The van der Waals surface area contributed by atoms with Gasteiger partial charge in [0.2, 0.25) is 10.0 Å². The molecule has 0 radical (unpaired) electrons. The fourth-order valence-corrected chi connectivity index (χ4v) is 11.9. The highest BCUT2D eigenvalue weighted by Gasteiger charge is 2.23. The van der Waals surface area contributed by atoms with Crippen LogP contribution in [0.25, 0.3) is 68.4 Å². The molecule has 0 saturated heterocycles. The number of nitriles is 2. The van der Waals surface area contributed by atoms with E-state index in [9.17, 15) is 0 Å². The Bertz CT molecular complexity index is 2200. The van der Waals surface area contributed by atoms with Crippen molar-refractivity contribution >= 4 is 129 Å². The predicted octanol–water partition coefficient (Wildman–Crippen LogP) is 10.3. The van der Waals surface area contributed by atoms with Crippen LogP contribution in [0.2, 0.25) is 0 Å². The molecule has 188 valence electrons. The highest BCUT2D eigenvalue weighted by atomic mass is 32.1. The number of aromatic nitrogens is 1. The topological polar surface area (TPSA) is 85.9 Å². The predicted molar refractivity (Wildman–Crippen MR) is 172 cm³/mol. The van der Waals surface area contributed by atoms with Gasteiger partial charge in [-0.25, -0.2) is 10.5 Å². The standard InChI is InChI=1S/C27H9N7S6/c1-30-18(10-28)32-20-6-4-12(35-20)14-8-16-24(37-14)22-26(39-16)27-23(34(22)3)25-17(40-27)9-15(38-25)13-5-7-21(36-13)33-19(11-29)31-2/h4-9H,3H3. The number of fused-ring (bicyclic) bond motifs is 7. The molecule has 7 aromatic heterocycles. The zero-order valence-corrected chi connectivity index (χ0v) is 24.9. The van der Waals surface area contributed by atoms with Crippen LogP contribution in [0.3, 0.4) is 0 Å². The monoisotopic (exact) mass is 623 g/mol. The first-order chi connectivity index (χ1) is 19.5. The highest BCUT2D eigenvalue weighted by molar-refractivity contribution is 7.40. The number of aryl methyl sites for hydroxylation is 1. The summed E-state index contributed by atoms with van der Waals surface area (Å²) in [6, 6.07) is 15.8. The fourth-order valence-electron chi connectivity index (χ4n) is 4.42. The Balaban J connectivity index is 1.30. The lowest BCUT2D eigenvalue weighted by Crippen LogP contribution is -1.83. The summed E-state index contributed by atoms with van der Waals surface area (Å²) >= 11 is 10.1. The summed E-state index contributed by atoms with van der Waals surface area (Å²) in [7, 11) is 2.14. The minimum atomic E-state index is -0.157. The zero-order chi connectivity index (χ0) is 27.5. The number of nitrogens with zero attached hydrogens (tertiary/aromatic N) is 7. The number of hydrogen-bond acceptors (Lipinski definition) is 10. The SMILES string of the molecule is [C-]#[N+]C(C#N)=Nc1ccc(-c2cc3sc4c5sc6cc(-c7ccc(N=C(C#N)[N+]#[C-])s7)sc6c5n(C)c4c3s2)s1. The second-order valence-corrected chi connectivity index (χ2v) is 14.7. The number of hydrogen-bond donors (Lipinski definition) is 0. The summed E-state index contributed by atoms with van der Waals surface area (Å²) in [4.78, 5) is 19.0. The fraction of sp³-hybridized carbons (Fsp3) is 0.0370. The lowest BCUT2D eigenvalue weighted by Gasteiger charge is -1.95. The lowest BCUT2D eigenvalue weighted by atomic mass is 10.3. The average molecular weight is 624 g/mol. The maximum Gasteiger partial charge on any atom is 0.350 e. The maximum atomic E-state index is 9.01. The molecular weight excluding hydrogens is 615 g/mol. The van der Waals surface area contributed by atoms with E-state index in [2.05, 4.69) is 43.4 Å². The summed E-state index contributed by atoms with van der Waals surface area (Å²) in [6.45, 7) is 14.1. The molecule has 0 unspecified atom stereocenters. The van der Waals surface area contributed by atoms with E-state index in [0.717, 1.165) is 19.5 Å². The second-order valence-electron chi connectivity index (χ2n) is 8.32. The van der Waals surface area contributed by atoms with Gasteiger partial charge in [0.15, 0.2) is 0 Å². The van der Waals surface area contributed by atoms with Gasteiger partial charge in [-0.2, -0.15) is 0 Å². The van der Waals surface area contributed by atoms with Crippen molar-refractivity contribution in [3.8, 4) is 31.6 Å². The Morgan fingerprint density at radius 3 is 1.52 bits per heavy atom. The third-order valence-corrected chi connectivity index (χ3v) is 13.4. The summed E-state index contributed by atoms with van der Waals surface area (Å²) in [5.41, 5.74) is 2.50. The van der Waals surface area contributed by atoms with Gasteiger partial charge in [0.25, 0.3) is 0 Å². The number of rotatable bonds is 4. The van der Waals surface area contributed by atoms with Gasteiger partial charge in [0.1, 0.15) is 12.1 Å². The van der Waals surface area contributed by atoms with Gasteiger partial charge in [-0.15, -0.1) is 45.3 Å². The molecule has 0 aliphatic carbocycles. The third kappa shape index (κ3) is 3.81. The van der Waals surface area contributed by atoms with Crippen molar-refractivity contribution in [2.45, 2.75) is 0 Å².